The van der Waals surface area contributed by atoms with Gasteiger partial charge in [-0.15, -0.1) is 0 Å². The lowest BCUT2D eigenvalue weighted by molar-refractivity contribution is -0.123. The molecular formula is C15H11BrCl2N2O2. The van der Waals surface area contributed by atoms with Crippen molar-refractivity contribution < 1.29 is 9.53 Å². The van der Waals surface area contributed by atoms with Crippen molar-refractivity contribution in [3.63, 3.8) is 0 Å². The molecular weight excluding hydrogens is 391 g/mol. The Hall–Kier alpha value is -1.56. The van der Waals surface area contributed by atoms with Gasteiger partial charge in [-0.25, -0.2) is 5.43 Å². The first-order valence-electron chi connectivity index (χ1n) is 6.20. The van der Waals surface area contributed by atoms with Gasteiger partial charge in [0.15, 0.2) is 6.61 Å². The molecule has 0 unspecified atom stereocenters. The summed E-state index contributed by atoms with van der Waals surface area (Å²) in [5, 5.41) is 4.79. The third kappa shape index (κ3) is 5.02. The zero-order valence-corrected chi connectivity index (χ0v) is 14.3. The third-order valence-corrected chi connectivity index (χ3v) is 3.68. The van der Waals surface area contributed by atoms with Crippen molar-refractivity contribution in [1.29, 1.82) is 0 Å². The van der Waals surface area contributed by atoms with Gasteiger partial charge in [-0.1, -0.05) is 57.3 Å². The summed E-state index contributed by atoms with van der Waals surface area (Å²) in [7, 11) is 0. The third-order valence-electron chi connectivity index (χ3n) is 2.55. The van der Waals surface area contributed by atoms with Gasteiger partial charge in [0.05, 0.1) is 11.2 Å². The van der Waals surface area contributed by atoms with Crippen LogP contribution in [0.1, 0.15) is 5.56 Å². The number of benzene rings is 2. The molecule has 0 saturated carbocycles. The number of amides is 1. The minimum absolute atomic E-state index is 0.193. The van der Waals surface area contributed by atoms with Crippen LogP contribution in [0.5, 0.6) is 5.75 Å². The molecule has 0 aliphatic carbocycles. The largest absolute Gasteiger partial charge is 0.482 e. The van der Waals surface area contributed by atoms with E-state index >= 15 is 0 Å². The monoisotopic (exact) mass is 400 g/mol. The van der Waals surface area contributed by atoms with Crippen LogP contribution >= 0.6 is 39.1 Å². The predicted molar refractivity (Wildman–Crippen MR) is 91.8 cm³/mol. The Kier molecular flexibility index (Phi) is 6.24. The van der Waals surface area contributed by atoms with Crippen molar-refractivity contribution in [2.24, 2.45) is 5.10 Å². The molecule has 7 heteroatoms. The minimum atomic E-state index is -0.401. The Balaban J connectivity index is 1.84. The highest BCUT2D eigenvalue weighted by molar-refractivity contribution is 9.10. The lowest BCUT2D eigenvalue weighted by atomic mass is 10.2. The summed E-state index contributed by atoms with van der Waals surface area (Å²) in [6, 6.07) is 12.3. The van der Waals surface area contributed by atoms with Crippen molar-refractivity contribution in [2.45, 2.75) is 0 Å². The molecule has 2 aromatic rings. The molecule has 0 fully saturated rings. The normalized spacial score (nSPS) is 10.7. The quantitative estimate of drug-likeness (QED) is 0.600. The summed E-state index contributed by atoms with van der Waals surface area (Å²) in [6.45, 7) is -0.193. The van der Waals surface area contributed by atoms with Crippen LogP contribution in [0, 0.1) is 0 Å². The molecule has 0 aliphatic rings. The van der Waals surface area contributed by atoms with Gasteiger partial charge in [0, 0.05) is 15.1 Å². The van der Waals surface area contributed by atoms with Crippen LogP contribution in [0.15, 0.2) is 52.0 Å². The predicted octanol–water partition coefficient (Wildman–Crippen LogP) is 4.29. The summed E-state index contributed by atoms with van der Waals surface area (Å²) in [5.41, 5.74) is 3.06. The number of halogens is 3. The van der Waals surface area contributed by atoms with E-state index in [1.54, 1.807) is 30.3 Å². The molecule has 1 N–H and O–H groups in total. The fourth-order valence-corrected chi connectivity index (χ4v) is 2.43. The number of ether oxygens (including phenoxy) is 1. The average molecular weight is 402 g/mol. The van der Waals surface area contributed by atoms with Crippen LogP contribution < -0.4 is 10.2 Å². The van der Waals surface area contributed by atoms with E-state index in [0.29, 0.717) is 21.4 Å². The van der Waals surface area contributed by atoms with Crippen molar-refractivity contribution in [3.8, 4) is 5.75 Å². The van der Waals surface area contributed by atoms with Crippen molar-refractivity contribution in [3.05, 3.63) is 62.5 Å². The number of nitrogens with one attached hydrogen (secondary N) is 1. The highest BCUT2D eigenvalue weighted by atomic mass is 79.9. The number of nitrogens with zero attached hydrogens (tertiary/aromatic N) is 1. The van der Waals surface area contributed by atoms with E-state index < -0.39 is 5.91 Å². The Morgan fingerprint density at radius 3 is 2.73 bits per heavy atom. The number of rotatable bonds is 5. The first-order valence-corrected chi connectivity index (χ1v) is 7.75. The maximum atomic E-state index is 11.6. The van der Waals surface area contributed by atoms with E-state index in [9.17, 15) is 4.79 Å². The van der Waals surface area contributed by atoms with Gasteiger partial charge in [0.2, 0.25) is 0 Å². The smallest absolute Gasteiger partial charge is 0.277 e. The van der Waals surface area contributed by atoms with Crippen molar-refractivity contribution in [2.75, 3.05) is 6.61 Å². The average Bonchev–Trinajstić information content (AvgIpc) is 2.48. The summed E-state index contributed by atoms with van der Waals surface area (Å²) < 4.78 is 6.15. The van der Waals surface area contributed by atoms with Gasteiger partial charge in [-0.2, -0.15) is 5.10 Å². The van der Waals surface area contributed by atoms with Crippen molar-refractivity contribution in [1.82, 2.24) is 5.43 Å². The summed E-state index contributed by atoms with van der Waals surface area (Å²) in [5.74, 6) is 0.0254. The molecule has 0 bridgehead atoms. The van der Waals surface area contributed by atoms with Crippen LogP contribution in [0.3, 0.4) is 0 Å². The standard InChI is InChI=1S/C15H11BrCl2N2O2/c16-11-5-6-14(13(18)7-11)22-9-15(21)20-19-8-10-3-1-2-4-12(10)17/h1-8H,9H2,(H,20,21)/b19-8+. The first-order chi connectivity index (χ1) is 10.6. The molecule has 2 aromatic carbocycles. The van der Waals surface area contributed by atoms with E-state index in [2.05, 4.69) is 26.5 Å². The molecule has 0 spiro atoms. The molecule has 4 nitrogen and oxygen atoms in total. The fourth-order valence-electron chi connectivity index (χ4n) is 1.52. The van der Waals surface area contributed by atoms with E-state index in [1.165, 1.54) is 6.21 Å². The molecule has 0 radical (unpaired) electrons. The molecule has 22 heavy (non-hydrogen) atoms. The highest BCUT2D eigenvalue weighted by Crippen LogP contribution is 2.27. The molecule has 0 aliphatic heterocycles. The zero-order valence-electron chi connectivity index (χ0n) is 11.2. The lowest BCUT2D eigenvalue weighted by Gasteiger charge is -2.07. The molecule has 2 rings (SSSR count). The molecule has 0 aromatic heterocycles. The molecule has 114 valence electrons. The number of hydrazone groups is 1. The number of hydrogen-bond donors (Lipinski definition) is 1. The Labute approximate surface area is 146 Å². The SMILES string of the molecule is O=C(COc1ccc(Br)cc1Cl)N/N=C/c1ccccc1Cl. The van der Waals surface area contributed by atoms with Gasteiger partial charge in [0.25, 0.3) is 5.91 Å². The second-order valence-corrected chi connectivity index (χ2v) is 5.91. The molecule has 0 atom stereocenters. The second-order valence-electron chi connectivity index (χ2n) is 4.18. The van der Waals surface area contributed by atoms with Crippen molar-refractivity contribution >= 4 is 51.3 Å². The van der Waals surface area contributed by atoms with Gasteiger partial charge in [-0.3, -0.25) is 4.79 Å². The van der Waals surface area contributed by atoms with Crippen LogP contribution in [-0.4, -0.2) is 18.7 Å². The van der Waals surface area contributed by atoms with Crippen LogP contribution in [0.25, 0.3) is 0 Å². The molecule has 0 saturated heterocycles. The maximum Gasteiger partial charge on any atom is 0.277 e. The Bertz CT molecular complexity index is 708. The summed E-state index contributed by atoms with van der Waals surface area (Å²) in [4.78, 5) is 11.6. The Morgan fingerprint density at radius 1 is 1.23 bits per heavy atom. The van der Waals surface area contributed by atoms with Gasteiger partial charge < -0.3 is 4.74 Å². The summed E-state index contributed by atoms with van der Waals surface area (Å²) in [6.07, 6.45) is 1.47. The highest BCUT2D eigenvalue weighted by Gasteiger charge is 2.05. The fraction of sp³-hybridized carbons (Fsp3) is 0.0667. The molecule has 1 amide bonds. The minimum Gasteiger partial charge on any atom is -0.482 e. The van der Waals surface area contributed by atoms with Gasteiger partial charge in [0.1, 0.15) is 5.75 Å². The summed E-state index contributed by atoms with van der Waals surface area (Å²) >= 11 is 15.2. The van der Waals surface area contributed by atoms with E-state index in [1.807, 2.05) is 12.1 Å². The van der Waals surface area contributed by atoms with E-state index in [0.717, 1.165) is 4.47 Å². The Morgan fingerprint density at radius 2 is 2.00 bits per heavy atom. The molecule has 0 heterocycles. The van der Waals surface area contributed by atoms with Crippen LogP contribution in [0.4, 0.5) is 0 Å². The van der Waals surface area contributed by atoms with Crippen LogP contribution in [0.2, 0.25) is 10.0 Å². The zero-order chi connectivity index (χ0) is 15.9. The first kappa shape index (κ1) is 16.8. The maximum absolute atomic E-state index is 11.6. The topological polar surface area (TPSA) is 50.7 Å². The number of hydrogen-bond acceptors (Lipinski definition) is 3. The van der Waals surface area contributed by atoms with Gasteiger partial charge >= 0.3 is 0 Å². The van der Waals surface area contributed by atoms with E-state index in [-0.39, 0.29) is 6.61 Å². The van der Waals surface area contributed by atoms with Crippen LogP contribution in [-0.2, 0) is 4.79 Å². The second kappa shape index (κ2) is 8.17. The van der Waals surface area contributed by atoms with Gasteiger partial charge in [-0.05, 0) is 24.3 Å². The lowest BCUT2D eigenvalue weighted by Crippen LogP contribution is -2.24. The number of carbonyl (C=O) groups is 1. The number of carbonyl (C=O) groups excluding carboxylic acids is 1. The van der Waals surface area contributed by atoms with E-state index in [4.69, 9.17) is 27.9 Å².